The number of oxazole rings is 1. The number of nitrogens with zero attached hydrogens (tertiary/aromatic N) is 1. The van der Waals surface area contributed by atoms with E-state index in [1.807, 2.05) is 18.2 Å². The molecule has 0 saturated heterocycles. The molecular weight excluding hydrogens is 332 g/mol. The fraction of sp³-hybridized carbons (Fsp3) is 0.400. The molecule has 0 aliphatic heterocycles. The SMILES string of the molecule is COC(=O)/C(C)=C(\CCC(C)C)Nc1ccc(-c2cnco2)c(OC)c1. The van der Waals surface area contributed by atoms with Crippen molar-refractivity contribution in [1.29, 1.82) is 0 Å². The first kappa shape index (κ1) is 19.6. The van der Waals surface area contributed by atoms with Crippen molar-refractivity contribution in [2.24, 2.45) is 5.92 Å². The number of carbonyl (C=O) groups excluding carboxylic acids is 1. The quantitative estimate of drug-likeness (QED) is 0.547. The van der Waals surface area contributed by atoms with Crippen LogP contribution in [0.25, 0.3) is 11.3 Å². The Morgan fingerprint density at radius 2 is 2.08 bits per heavy atom. The number of rotatable bonds is 8. The first-order chi connectivity index (χ1) is 12.5. The van der Waals surface area contributed by atoms with E-state index >= 15 is 0 Å². The Morgan fingerprint density at radius 3 is 2.65 bits per heavy atom. The third kappa shape index (κ3) is 4.88. The van der Waals surface area contributed by atoms with Gasteiger partial charge in [0.1, 0.15) is 5.75 Å². The van der Waals surface area contributed by atoms with Gasteiger partial charge in [-0.25, -0.2) is 9.78 Å². The van der Waals surface area contributed by atoms with E-state index in [0.717, 1.165) is 29.8 Å². The maximum atomic E-state index is 12.0. The number of allylic oxidation sites excluding steroid dienone is 1. The number of hydrogen-bond donors (Lipinski definition) is 1. The summed E-state index contributed by atoms with van der Waals surface area (Å²) in [5, 5.41) is 3.35. The lowest BCUT2D eigenvalue weighted by molar-refractivity contribution is -0.136. The van der Waals surface area contributed by atoms with E-state index in [0.29, 0.717) is 23.0 Å². The molecule has 0 aliphatic carbocycles. The Bertz CT molecular complexity index is 764. The fourth-order valence-electron chi connectivity index (χ4n) is 2.55. The van der Waals surface area contributed by atoms with Gasteiger partial charge < -0.3 is 19.2 Å². The highest BCUT2D eigenvalue weighted by atomic mass is 16.5. The van der Waals surface area contributed by atoms with E-state index < -0.39 is 0 Å². The Kier molecular flexibility index (Phi) is 6.83. The maximum absolute atomic E-state index is 12.0. The zero-order valence-electron chi connectivity index (χ0n) is 16.0. The first-order valence-corrected chi connectivity index (χ1v) is 8.58. The van der Waals surface area contributed by atoms with Crippen molar-refractivity contribution >= 4 is 11.7 Å². The molecule has 2 rings (SSSR count). The third-order valence-corrected chi connectivity index (χ3v) is 4.11. The monoisotopic (exact) mass is 358 g/mol. The highest BCUT2D eigenvalue weighted by molar-refractivity contribution is 5.89. The molecule has 140 valence electrons. The molecule has 6 heteroatoms. The number of hydrogen-bond acceptors (Lipinski definition) is 6. The summed E-state index contributed by atoms with van der Waals surface area (Å²) >= 11 is 0. The molecule has 0 radical (unpaired) electrons. The molecule has 0 spiro atoms. The summed E-state index contributed by atoms with van der Waals surface area (Å²) in [6.45, 7) is 6.08. The number of benzene rings is 1. The van der Waals surface area contributed by atoms with Gasteiger partial charge in [-0.15, -0.1) is 0 Å². The van der Waals surface area contributed by atoms with Gasteiger partial charge in [-0.2, -0.15) is 0 Å². The molecule has 0 bridgehead atoms. The molecule has 26 heavy (non-hydrogen) atoms. The van der Waals surface area contributed by atoms with Crippen LogP contribution in [-0.4, -0.2) is 25.2 Å². The molecule has 0 fully saturated rings. The van der Waals surface area contributed by atoms with E-state index in [4.69, 9.17) is 13.9 Å². The van der Waals surface area contributed by atoms with E-state index in [2.05, 4.69) is 24.1 Å². The van der Waals surface area contributed by atoms with Crippen molar-refractivity contribution in [3.8, 4) is 17.1 Å². The molecule has 0 saturated carbocycles. The minimum absolute atomic E-state index is 0.332. The van der Waals surface area contributed by atoms with Gasteiger partial charge in [0.25, 0.3) is 0 Å². The molecule has 0 amide bonds. The van der Waals surface area contributed by atoms with Crippen LogP contribution in [-0.2, 0) is 9.53 Å². The molecule has 0 aliphatic rings. The summed E-state index contributed by atoms with van der Waals surface area (Å²) in [5.74, 6) is 1.49. The highest BCUT2D eigenvalue weighted by Crippen LogP contribution is 2.33. The van der Waals surface area contributed by atoms with Crippen LogP contribution in [0.1, 0.15) is 33.6 Å². The number of carbonyl (C=O) groups is 1. The largest absolute Gasteiger partial charge is 0.496 e. The Labute approximate surface area is 154 Å². The molecule has 1 aromatic heterocycles. The van der Waals surface area contributed by atoms with Gasteiger partial charge in [-0.1, -0.05) is 13.8 Å². The van der Waals surface area contributed by atoms with Gasteiger partial charge >= 0.3 is 5.97 Å². The first-order valence-electron chi connectivity index (χ1n) is 8.58. The van der Waals surface area contributed by atoms with Gasteiger partial charge in [0, 0.05) is 17.5 Å². The van der Waals surface area contributed by atoms with E-state index in [1.165, 1.54) is 13.5 Å². The lowest BCUT2D eigenvalue weighted by atomic mass is 10.0. The van der Waals surface area contributed by atoms with Gasteiger partial charge in [0.05, 0.1) is 31.6 Å². The second-order valence-electron chi connectivity index (χ2n) is 6.43. The smallest absolute Gasteiger partial charge is 0.335 e. The lowest BCUT2D eigenvalue weighted by Gasteiger charge is -2.17. The molecule has 0 atom stereocenters. The molecule has 2 aromatic rings. The Balaban J connectivity index is 2.31. The predicted molar refractivity (Wildman–Crippen MR) is 101 cm³/mol. The van der Waals surface area contributed by atoms with Crippen LogP contribution in [0.15, 0.2) is 46.5 Å². The van der Waals surface area contributed by atoms with Crippen LogP contribution in [0.4, 0.5) is 5.69 Å². The molecule has 1 heterocycles. The van der Waals surface area contributed by atoms with Crippen LogP contribution < -0.4 is 10.1 Å². The van der Waals surface area contributed by atoms with Crippen molar-refractivity contribution < 1.29 is 18.7 Å². The van der Waals surface area contributed by atoms with Gasteiger partial charge in [0.15, 0.2) is 12.2 Å². The summed E-state index contributed by atoms with van der Waals surface area (Å²) in [6.07, 6.45) is 4.74. The van der Waals surface area contributed by atoms with Crippen LogP contribution in [0, 0.1) is 5.92 Å². The molecular formula is C20H26N2O4. The van der Waals surface area contributed by atoms with Gasteiger partial charge in [-0.05, 0) is 37.8 Å². The second kappa shape index (κ2) is 9.08. The number of nitrogens with one attached hydrogen (secondary N) is 1. The minimum atomic E-state index is -0.332. The summed E-state index contributed by atoms with van der Waals surface area (Å²) in [7, 11) is 3.00. The topological polar surface area (TPSA) is 73.6 Å². The fourth-order valence-corrected chi connectivity index (χ4v) is 2.55. The third-order valence-electron chi connectivity index (χ3n) is 4.11. The minimum Gasteiger partial charge on any atom is -0.496 e. The van der Waals surface area contributed by atoms with Crippen LogP contribution in [0.5, 0.6) is 5.75 Å². The molecule has 6 nitrogen and oxygen atoms in total. The van der Waals surface area contributed by atoms with Gasteiger partial charge in [0.2, 0.25) is 0 Å². The summed E-state index contributed by atoms with van der Waals surface area (Å²) in [4.78, 5) is 15.9. The van der Waals surface area contributed by atoms with Crippen LogP contribution in [0.3, 0.4) is 0 Å². The van der Waals surface area contributed by atoms with Crippen molar-refractivity contribution in [1.82, 2.24) is 4.98 Å². The summed E-state index contributed by atoms with van der Waals surface area (Å²) in [6, 6.07) is 5.69. The van der Waals surface area contributed by atoms with E-state index in [-0.39, 0.29) is 5.97 Å². The van der Waals surface area contributed by atoms with Crippen molar-refractivity contribution in [2.75, 3.05) is 19.5 Å². The number of aromatic nitrogens is 1. The van der Waals surface area contributed by atoms with Crippen molar-refractivity contribution in [2.45, 2.75) is 33.6 Å². The second-order valence-corrected chi connectivity index (χ2v) is 6.43. The Hall–Kier alpha value is -2.76. The zero-order chi connectivity index (χ0) is 19.1. The Morgan fingerprint density at radius 1 is 1.31 bits per heavy atom. The van der Waals surface area contributed by atoms with Crippen LogP contribution >= 0.6 is 0 Å². The molecule has 0 unspecified atom stereocenters. The number of esters is 1. The number of methoxy groups -OCH3 is 2. The average Bonchev–Trinajstić information content (AvgIpc) is 3.17. The van der Waals surface area contributed by atoms with E-state index in [9.17, 15) is 4.79 Å². The maximum Gasteiger partial charge on any atom is 0.335 e. The lowest BCUT2D eigenvalue weighted by Crippen LogP contribution is -2.11. The standard InChI is InChI=1S/C20H26N2O4/c1-13(2)6-9-17(14(3)20(23)25-5)22-15-7-8-16(18(10-15)24-4)19-11-21-12-26-19/h7-8,10-13,22H,6,9H2,1-5H3/b17-14+. The number of ether oxygens (including phenoxy) is 2. The average molecular weight is 358 g/mol. The molecule has 1 aromatic carbocycles. The van der Waals surface area contributed by atoms with Gasteiger partial charge in [-0.3, -0.25) is 0 Å². The highest BCUT2D eigenvalue weighted by Gasteiger charge is 2.14. The summed E-state index contributed by atoms with van der Waals surface area (Å²) < 4.78 is 15.7. The van der Waals surface area contributed by atoms with E-state index in [1.54, 1.807) is 20.2 Å². The summed E-state index contributed by atoms with van der Waals surface area (Å²) in [5.41, 5.74) is 3.06. The van der Waals surface area contributed by atoms with Crippen molar-refractivity contribution in [3.05, 3.63) is 42.1 Å². The normalized spacial score (nSPS) is 11.9. The zero-order valence-corrected chi connectivity index (χ0v) is 16.0. The molecule has 1 N–H and O–H groups in total. The predicted octanol–water partition coefficient (Wildman–Crippen LogP) is 4.65. The number of anilines is 1. The van der Waals surface area contributed by atoms with Crippen LogP contribution in [0.2, 0.25) is 0 Å². The van der Waals surface area contributed by atoms with Crippen molar-refractivity contribution in [3.63, 3.8) is 0 Å².